The van der Waals surface area contributed by atoms with Crippen molar-refractivity contribution in [2.45, 2.75) is 18.6 Å². The first-order valence-electron chi connectivity index (χ1n) is 8.11. The summed E-state index contributed by atoms with van der Waals surface area (Å²) < 4.78 is 5.52. The van der Waals surface area contributed by atoms with E-state index < -0.39 is 12.1 Å². The number of rotatable bonds is 5. The van der Waals surface area contributed by atoms with E-state index in [-0.39, 0.29) is 25.0 Å². The van der Waals surface area contributed by atoms with E-state index in [2.05, 4.69) is 10.6 Å². The number of hydrogen-bond acceptors (Lipinski definition) is 4. The maximum absolute atomic E-state index is 12.1. The lowest BCUT2D eigenvalue weighted by Gasteiger charge is -2.31. The minimum absolute atomic E-state index is 0.0310. The predicted molar refractivity (Wildman–Crippen MR) is 92.9 cm³/mol. The molecule has 6 heteroatoms. The van der Waals surface area contributed by atoms with Gasteiger partial charge in [-0.2, -0.15) is 0 Å². The molecular formula is C19H20N2O4. The van der Waals surface area contributed by atoms with Crippen molar-refractivity contribution in [1.82, 2.24) is 5.32 Å². The van der Waals surface area contributed by atoms with Crippen LogP contribution < -0.4 is 10.6 Å². The molecule has 0 aliphatic carbocycles. The van der Waals surface area contributed by atoms with Gasteiger partial charge < -0.3 is 20.5 Å². The highest BCUT2D eigenvalue weighted by Crippen LogP contribution is 2.25. The molecule has 0 saturated carbocycles. The molecule has 0 aromatic heterocycles. The minimum Gasteiger partial charge on any atom is -0.394 e. The monoisotopic (exact) mass is 340 g/mol. The molecule has 2 amide bonds. The molecule has 25 heavy (non-hydrogen) atoms. The van der Waals surface area contributed by atoms with Crippen LogP contribution in [0.4, 0.5) is 5.69 Å². The van der Waals surface area contributed by atoms with E-state index in [9.17, 15) is 14.7 Å². The molecule has 1 fully saturated rings. The number of ether oxygens (including phenoxy) is 1. The Balaban J connectivity index is 1.62. The Morgan fingerprint density at radius 3 is 2.56 bits per heavy atom. The van der Waals surface area contributed by atoms with Crippen LogP contribution in [-0.2, 0) is 20.7 Å². The third-order valence-corrected chi connectivity index (χ3v) is 4.03. The molecule has 1 heterocycles. The SMILES string of the molecule is O=C(Cc1ccccc1)Nc1ccc(C2OCC(=O)NC2CO)cc1. The van der Waals surface area contributed by atoms with Crippen LogP contribution in [0.5, 0.6) is 0 Å². The second kappa shape index (κ2) is 7.92. The molecule has 3 N–H and O–H groups in total. The zero-order valence-corrected chi connectivity index (χ0v) is 13.6. The molecule has 0 radical (unpaired) electrons. The van der Waals surface area contributed by atoms with Crippen LogP contribution in [-0.4, -0.2) is 36.2 Å². The topological polar surface area (TPSA) is 87.7 Å². The van der Waals surface area contributed by atoms with Gasteiger partial charge in [-0.25, -0.2) is 0 Å². The number of aliphatic hydroxyl groups is 1. The maximum Gasteiger partial charge on any atom is 0.246 e. The molecule has 130 valence electrons. The fraction of sp³-hybridized carbons (Fsp3) is 0.263. The van der Waals surface area contributed by atoms with E-state index in [1.54, 1.807) is 12.1 Å². The van der Waals surface area contributed by atoms with Gasteiger partial charge in [0, 0.05) is 5.69 Å². The van der Waals surface area contributed by atoms with Gasteiger partial charge in [0.25, 0.3) is 0 Å². The van der Waals surface area contributed by atoms with Crippen molar-refractivity contribution >= 4 is 17.5 Å². The highest BCUT2D eigenvalue weighted by atomic mass is 16.5. The molecule has 0 spiro atoms. The zero-order chi connectivity index (χ0) is 17.6. The molecule has 1 saturated heterocycles. The predicted octanol–water partition coefficient (Wildman–Crippen LogP) is 1.42. The van der Waals surface area contributed by atoms with Crippen molar-refractivity contribution in [2.75, 3.05) is 18.5 Å². The lowest BCUT2D eigenvalue weighted by Crippen LogP contribution is -2.49. The fourth-order valence-electron chi connectivity index (χ4n) is 2.82. The number of anilines is 1. The number of aliphatic hydroxyl groups excluding tert-OH is 1. The Kier molecular flexibility index (Phi) is 5.42. The Morgan fingerprint density at radius 1 is 1.16 bits per heavy atom. The summed E-state index contributed by atoms with van der Waals surface area (Å²) in [6.07, 6.45) is -0.0933. The van der Waals surface area contributed by atoms with Crippen molar-refractivity contribution in [3.8, 4) is 0 Å². The summed E-state index contributed by atoms with van der Waals surface area (Å²) in [5, 5.41) is 15.0. The summed E-state index contributed by atoms with van der Waals surface area (Å²) in [6.45, 7) is -0.233. The Labute approximate surface area is 145 Å². The molecule has 6 nitrogen and oxygen atoms in total. The quantitative estimate of drug-likeness (QED) is 0.768. The van der Waals surface area contributed by atoms with E-state index >= 15 is 0 Å². The number of morpholine rings is 1. The van der Waals surface area contributed by atoms with Crippen LogP contribution >= 0.6 is 0 Å². The Hall–Kier alpha value is -2.70. The molecule has 0 bridgehead atoms. The molecule has 2 atom stereocenters. The molecule has 1 aliphatic rings. The van der Waals surface area contributed by atoms with Crippen LogP contribution in [0.15, 0.2) is 54.6 Å². The molecule has 2 aromatic rings. The van der Waals surface area contributed by atoms with Crippen molar-refractivity contribution in [2.24, 2.45) is 0 Å². The van der Waals surface area contributed by atoms with Crippen molar-refractivity contribution < 1.29 is 19.4 Å². The van der Waals surface area contributed by atoms with Crippen molar-refractivity contribution in [3.05, 3.63) is 65.7 Å². The molecule has 3 rings (SSSR count). The molecule has 2 unspecified atom stereocenters. The first kappa shape index (κ1) is 17.1. The summed E-state index contributed by atoms with van der Waals surface area (Å²) in [6, 6.07) is 16.3. The van der Waals surface area contributed by atoms with Crippen molar-refractivity contribution in [1.29, 1.82) is 0 Å². The number of carbonyl (C=O) groups is 2. The Morgan fingerprint density at radius 2 is 1.88 bits per heavy atom. The lowest BCUT2D eigenvalue weighted by atomic mass is 10.0. The van der Waals surface area contributed by atoms with Crippen LogP contribution in [0.25, 0.3) is 0 Å². The van der Waals surface area contributed by atoms with Gasteiger partial charge in [-0.15, -0.1) is 0 Å². The first-order valence-corrected chi connectivity index (χ1v) is 8.11. The molecule has 1 aliphatic heterocycles. The lowest BCUT2D eigenvalue weighted by molar-refractivity contribution is -0.138. The van der Waals surface area contributed by atoms with Gasteiger partial charge in [0.05, 0.1) is 19.1 Å². The minimum atomic E-state index is -0.472. The van der Waals surface area contributed by atoms with Crippen LogP contribution in [0.3, 0.4) is 0 Å². The maximum atomic E-state index is 12.1. The zero-order valence-electron chi connectivity index (χ0n) is 13.6. The van der Waals surface area contributed by atoms with Crippen molar-refractivity contribution in [3.63, 3.8) is 0 Å². The van der Waals surface area contributed by atoms with E-state index in [4.69, 9.17) is 4.74 Å². The van der Waals surface area contributed by atoms with Gasteiger partial charge in [-0.05, 0) is 23.3 Å². The van der Waals surface area contributed by atoms with E-state index in [0.717, 1.165) is 11.1 Å². The molecular weight excluding hydrogens is 320 g/mol. The average molecular weight is 340 g/mol. The largest absolute Gasteiger partial charge is 0.394 e. The first-order chi connectivity index (χ1) is 12.2. The normalized spacial score (nSPS) is 20.0. The second-order valence-electron chi connectivity index (χ2n) is 5.92. The van der Waals surface area contributed by atoms with Gasteiger partial charge in [-0.3, -0.25) is 9.59 Å². The van der Waals surface area contributed by atoms with E-state index in [1.807, 2.05) is 42.5 Å². The fourth-order valence-corrected chi connectivity index (χ4v) is 2.82. The summed E-state index contributed by atoms with van der Waals surface area (Å²) in [5.41, 5.74) is 2.47. The van der Waals surface area contributed by atoms with Gasteiger partial charge in [0.2, 0.25) is 11.8 Å². The third kappa shape index (κ3) is 4.43. The van der Waals surface area contributed by atoms with Crippen LogP contribution in [0, 0.1) is 0 Å². The van der Waals surface area contributed by atoms with E-state index in [1.165, 1.54) is 0 Å². The summed E-state index contributed by atoms with van der Waals surface area (Å²) >= 11 is 0. The Bertz CT molecular complexity index is 731. The molecule has 2 aromatic carbocycles. The standard InChI is InChI=1S/C19H20N2O4/c22-11-16-19(25-12-18(24)21-16)14-6-8-15(9-7-14)20-17(23)10-13-4-2-1-3-5-13/h1-9,16,19,22H,10-12H2,(H,20,23)(H,21,24). The van der Waals surface area contributed by atoms with Gasteiger partial charge in [-0.1, -0.05) is 42.5 Å². The highest BCUT2D eigenvalue weighted by Gasteiger charge is 2.30. The van der Waals surface area contributed by atoms with E-state index in [0.29, 0.717) is 12.1 Å². The second-order valence-corrected chi connectivity index (χ2v) is 5.92. The van der Waals surface area contributed by atoms with Crippen LogP contribution in [0.2, 0.25) is 0 Å². The number of carbonyl (C=O) groups excluding carboxylic acids is 2. The number of amides is 2. The summed E-state index contributed by atoms with van der Waals surface area (Å²) in [5.74, 6) is -0.326. The average Bonchev–Trinajstić information content (AvgIpc) is 2.63. The van der Waals surface area contributed by atoms with Gasteiger partial charge in [0.15, 0.2) is 0 Å². The smallest absolute Gasteiger partial charge is 0.246 e. The van der Waals surface area contributed by atoms with Crippen LogP contribution in [0.1, 0.15) is 17.2 Å². The number of hydrogen-bond donors (Lipinski definition) is 3. The van der Waals surface area contributed by atoms with Gasteiger partial charge in [0.1, 0.15) is 12.7 Å². The number of nitrogens with one attached hydrogen (secondary N) is 2. The summed E-state index contributed by atoms with van der Waals surface area (Å²) in [4.78, 5) is 23.4. The number of benzene rings is 2. The summed E-state index contributed by atoms with van der Waals surface area (Å²) in [7, 11) is 0. The third-order valence-electron chi connectivity index (χ3n) is 4.03. The highest BCUT2D eigenvalue weighted by molar-refractivity contribution is 5.92. The van der Waals surface area contributed by atoms with Gasteiger partial charge >= 0.3 is 0 Å².